The van der Waals surface area contributed by atoms with E-state index in [1.165, 1.54) is 25.7 Å². The summed E-state index contributed by atoms with van der Waals surface area (Å²) in [4.78, 5) is 0. The van der Waals surface area contributed by atoms with Gasteiger partial charge in [0.2, 0.25) is 0 Å². The maximum atomic E-state index is 4.90. The first-order valence-electron chi connectivity index (χ1n) is 5.38. The van der Waals surface area contributed by atoms with Crippen molar-refractivity contribution < 1.29 is 0 Å². The van der Waals surface area contributed by atoms with Gasteiger partial charge in [-0.25, -0.2) is 0 Å². The highest BCUT2D eigenvalue weighted by molar-refractivity contribution is 4.60. The summed E-state index contributed by atoms with van der Waals surface area (Å²) in [5, 5.41) is 0. The van der Waals surface area contributed by atoms with E-state index in [0.29, 0.717) is 18.5 Å². The summed E-state index contributed by atoms with van der Waals surface area (Å²) in [6.07, 6.45) is 5.52. The predicted molar refractivity (Wildman–Crippen MR) is 61.7 cm³/mol. The van der Waals surface area contributed by atoms with Crippen LogP contribution in [0.1, 0.15) is 53.4 Å². The van der Waals surface area contributed by atoms with Crippen LogP contribution in [0.4, 0.5) is 0 Å². The van der Waals surface area contributed by atoms with E-state index >= 15 is 0 Å². The highest BCUT2D eigenvalue weighted by Gasteiger charge is 2.07. The van der Waals surface area contributed by atoms with Crippen LogP contribution in [-0.2, 0) is 0 Å². The molecule has 0 aliphatic carbocycles. The van der Waals surface area contributed by atoms with Gasteiger partial charge < -0.3 is 11.5 Å². The van der Waals surface area contributed by atoms with Crippen molar-refractivity contribution in [3.05, 3.63) is 0 Å². The third-order valence-corrected chi connectivity index (χ3v) is 1.70. The van der Waals surface area contributed by atoms with Crippen LogP contribution >= 0.6 is 0 Å². The summed E-state index contributed by atoms with van der Waals surface area (Å²) < 4.78 is 0. The highest BCUT2D eigenvalue weighted by Crippen LogP contribution is 2.21. The molecule has 0 aliphatic heterocycles. The number of hydrogen-bond acceptors (Lipinski definition) is 2. The third-order valence-electron chi connectivity index (χ3n) is 1.70. The van der Waals surface area contributed by atoms with Crippen LogP contribution in [0.15, 0.2) is 0 Å². The van der Waals surface area contributed by atoms with Gasteiger partial charge in [0.05, 0.1) is 0 Å². The van der Waals surface area contributed by atoms with Gasteiger partial charge in [-0.3, -0.25) is 0 Å². The fourth-order valence-corrected chi connectivity index (χ4v) is 0.905. The molecule has 0 bridgehead atoms. The Morgan fingerprint density at radius 2 is 1.38 bits per heavy atom. The summed E-state index contributed by atoms with van der Waals surface area (Å²) >= 11 is 0. The molecule has 0 unspecified atom stereocenters. The molecule has 0 aromatic heterocycles. The Labute approximate surface area is 84.1 Å². The summed E-state index contributed by atoms with van der Waals surface area (Å²) in [7, 11) is 0. The van der Waals surface area contributed by atoms with Crippen LogP contribution in [0.3, 0.4) is 0 Å². The molecule has 0 rings (SSSR count). The molecule has 0 radical (unpaired) electrons. The Morgan fingerprint density at radius 1 is 0.923 bits per heavy atom. The van der Waals surface area contributed by atoms with Gasteiger partial charge in [0, 0.05) is 13.1 Å². The lowest BCUT2D eigenvalue weighted by Crippen LogP contribution is -2.11. The maximum absolute atomic E-state index is 4.90. The van der Waals surface area contributed by atoms with Crippen LogP contribution in [0.5, 0.6) is 0 Å². The minimum atomic E-state index is 0.551. The summed E-state index contributed by atoms with van der Waals surface area (Å²) in [6, 6.07) is 0. The van der Waals surface area contributed by atoms with E-state index in [1.54, 1.807) is 0 Å². The van der Waals surface area contributed by atoms with Crippen molar-refractivity contribution in [1.29, 1.82) is 0 Å². The zero-order chi connectivity index (χ0) is 10.7. The monoisotopic (exact) mass is 188 g/mol. The summed E-state index contributed by atoms with van der Waals surface area (Å²) in [5.41, 5.74) is 10.4. The molecule has 0 aromatic carbocycles. The van der Waals surface area contributed by atoms with Crippen molar-refractivity contribution in [2.24, 2.45) is 16.9 Å². The molecule has 82 valence electrons. The fraction of sp³-hybridized carbons (Fsp3) is 1.00. The molecule has 0 spiro atoms. The predicted octanol–water partition coefficient (Wildman–Crippen LogP) is 2.52. The van der Waals surface area contributed by atoms with E-state index < -0.39 is 0 Å². The quantitative estimate of drug-likeness (QED) is 0.666. The molecule has 0 saturated heterocycles. The Hall–Kier alpha value is -0.0800. The number of rotatable bonds is 4. The van der Waals surface area contributed by atoms with Gasteiger partial charge in [-0.2, -0.15) is 0 Å². The minimum absolute atomic E-state index is 0.551. The molecule has 0 fully saturated rings. The van der Waals surface area contributed by atoms with Crippen molar-refractivity contribution in [2.75, 3.05) is 13.1 Å². The zero-order valence-corrected chi connectivity index (χ0v) is 9.90. The number of unbranched alkanes of at least 4 members (excludes halogenated alkanes) is 2. The topological polar surface area (TPSA) is 52.0 Å². The molecule has 0 atom stereocenters. The largest absolute Gasteiger partial charge is 0.329 e. The van der Waals surface area contributed by atoms with E-state index in [9.17, 15) is 0 Å². The lowest BCUT2D eigenvalue weighted by atomic mass is 9.90. The van der Waals surface area contributed by atoms with Gasteiger partial charge in [-0.05, 0) is 11.8 Å². The second-order valence-electron chi connectivity index (χ2n) is 4.60. The van der Waals surface area contributed by atoms with Gasteiger partial charge >= 0.3 is 0 Å². The Kier molecular flexibility index (Phi) is 11.8. The minimum Gasteiger partial charge on any atom is -0.329 e. The number of nitrogens with two attached hydrogens (primary N) is 2. The molecule has 0 aromatic rings. The number of hydrogen-bond donors (Lipinski definition) is 2. The molecular formula is C11H28N2. The smallest absolute Gasteiger partial charge is 0.00461 e. The lowest BCUT2D eigenvalue weighted by molar-refractivity contribution is 0.359. The first-order valence-corrected chi connectivity index (χ1v) is 5.38. The molecule has 2 heteroatoms. The molecule has 0 amide bonds. The zero-order valence-electron chi connectivity index (χ0n) is 9.90. The average molecular weight is 188 g/mol. The van der Waals surface area contributed by atoms with E-state index in [4.69, 9.17) is 11.5 Å². The van der Waals surface area contributed by atoms with Crippen LogP contribution < -0.4 is 11.5 Å². The second kappa shape index (κ2) is 10.0. The normalized spacial score (nSPS) is 10.6. The van der Waals surface area contributed by atoms with E-state index in [2.05, 4.69) is 27.7 Å². The fourth-order valence-electron chi connectivity index (χ4n) is 0.905. The highest BCUT2D eigenvalue weighted by atomic mass is 14.6. The van der Waals surface area contributed by atoms with Gasteiger partial charge in [-0.1, -0.05) is 47.0 Å². The van der Waals surface area contributed by atoms with Crippen LogP contribution in [0.2, 0.25) is 0 Å². The van der Waals surface area contributed by atoms with Crippen molar-refractivity contribution in [1.82, 2.24) is 0 Å². The molecule has 13 heavy (non-hydrogen) atoms. The summed E-state index contributed by atoms with van der Waals surface area (Å²) in [6.45, 7) is 10.4. The standard InChI is InChI=1S/C9H20.C2H8N2/c1-5-6-7-8-9(2,3)4;3-1-2-4/h5-8H2,1-4H3;1-4H2. The van der Waals surface area contributed by atoms with E-state index in [1.807, 2.05) is 0 Å². The Balaban J connectivity index is 0. The average Bonchev–Trinajstić information content (AvgIpc) is 2.03. The first-order chi connectivity index (χ1) is 5.97. The van der Waals surface area contributed by atoms with Gasteiger partial charge in [-0.15, -0.1) is 0 Å². The van der Waals surface area contributed by atoms with Crippen molar-refractivity contribution >= 4 is 0 Å². The Bertz CT molecular complexity index is 82.6. The van der Waals surface area contributed by atoms with E-state index in [-0.39, 0.29) is 0 Å². The maximum Gasteiger partial charge on any atom is 0.00461 e. The van der Waals surface area contributed by atoms with Crippen molar-refractivity contribution in [3.63, 3.8) is 0 Å². The lowest BCUT2D eigenvalue weighted by Gasteiger charge is -2.16. The van der Waals surface area contributed by atoms with Crippen LogP contribution in [0, 0.1) is 5.41 Å². The van der Waals surface area contributed by atoms with Crippen LogP contribution in [-0.4, -0.2) is 13.1 Å². The van der Waals surface area contributed by atoms with E-state index in [0.717, 1.165) is 0 Å². The molecule has 0 heterocycles. The van der Waals surface area contributed by atoms with Crippen LogP contribution in [0.25, 0.3) is 0 Å². The SMILES string of the molecule is CCCCCC(C)(C)C.NCCN. The first kappa shape index (κ1) is 15.4. The Morgan fingerprint density at radius 3 is 1.62 bits per heavy atom. The summed E-state index contributed by atoms with van der Waals surface area (Å²) in [5.74, 6) is 0. The molecule has 0 saturated carbocycles. The molecule has 4 N–H and O–H groups in total. The van der Waals surface area contributed by atoms with Gasteiger partial charge in [0.25, 0.3) is 0 Å². The van der Waals surface area contributed by atoms with Gasteiger partial charge in [0.15, 0.2) is 0 Å². The second-order valence-corrected chi connectivity index (χ2v) is 4.60. The van der Waals surface area contributed by atoms with Crippen molar-refractivity contribution in [3.8, 4) is 0 Å². The molecule has 0 aliphatic rings. The third kappa shape index (κ3) is 24.5. The van der Waals surface area contributed by atoms with Gasteiger partial charge in [0.1, 0.15) is 0 Å². The molecular weight excluding hydrogens is 160 g/mol. The molecule has 2 nitrogen and oxygen atoms in total. The van der Waals surface area contributed by atoms with Crippen molar-refractivity contribution in [2.45, 2.75) is 53.4 Å².